The highest BCUT2D eigenvalue weighted by Crippen LogP contribution is 2.34. The monoisotopic (exact) mass is 238 g/mol. The van der Waals surface area contributed by atoms with Gasteiger partial charge in [-0.05, 0) is 42.3 Å². The molecule has 1 amide bonds. The molecule has 1 aliphatic heterocycles. The molecule has 90 valence electrons. The summed E-state index contributed by atoms with van der Waals surface area (Å²) in [4.78, 5) is 13.4. The Hall–Kier alpha value is -2.29. The van der Waals surface area contributed by atoms with Crippen molar-refractivity contribution >= 4 is 17.3 Å². The molecule has 0 saturated carbocycles. The molecule has 0 unspecified atom stereocenters. The topological polar surface area (TPSA) is 46.3 Å². The summed E-state index contributed by atoms with van der Waals surface area (Å²) in [5, 5.41) is 0. The van der Waals surface area contributed by atoms with Gasteiger partial charge in [-0.15, -0.1) is 0 Å². The molecule has 18 heavy (non-hydrogen) atoms. The fourth-order valence-corrected chi connectivity index (χ4v) is 2.43. The van der Waals surface area contributed by atoms with Gasteiger partial charge in [-0.2, -0.15) is 0 Å². The second kappa shape index (κ2) is 4.18. The van der Waals surface area contributed by atoms with E-state index in [2.05, 4.69) is 17.0 Å². The molecule has 0 atom stereocenters. The molecule has 0 aromatic heterocycles. The van der Waals surface area contributed by atoms with E-state index in [9.17, 15) is 4.79 Å². The van der Waals surface area contributed by atoms with Crippen molar-refractivity contribution in [3.63, 3.8) is 0 Å². The van der Waals surface area contributed by atoms with Crippen LogP contribution >= 0.6 is 0 Å². The van der Waals surface area contributed by atoms with Gasteiger partial charge in [0.05, 0.1) is 0 Å². The maximum atomic E-state index is 11.2. The highest BCUT2D eigenvalue weighted by atomic mass is 16.1. The summed E-state index contributed by atoms with van der Waals surface area (Å²) in [6, 6.07) is 15.9. The molecule has 1 heterocycles. The lowest BCUT2D eigenvalue weighted by Crippen LogP contribution is -2.13. The van der Waals surface area contributed by atoms with Gasteiger partial charge >= 0.3 is 0 Å². The number of primary amides is 1. The largest absolute Gasteiger partial charge is 0.366 e. The number of hydrogen-bond acceptors (Lipinski definition) is 2. The first-order valence-corrected chi connectivity index (χ1v) is 6.01. The summed E-state index contributed by atoms with van der Waals surface area (Å²) in [7, 11) is 0. The maximum Gasteiger partial charge on any atom is 0.248 e. The fourth-order valence-electron chi connectivity index (χ4n) is 2.43. The summed E-state index contributed by atoms with van der Waals surface area (Å²) in [6.07, 6.45) is 0.950. The Morgan fingerprint density at radius 2 is 1.89 bits per heavy atom. The number of fused-ring (bicyclic) bond motifs is 1. The number of anilines is 2. The van der Waals surface area contributed by atoms with Gasteiger partial charge in [0.1, 0.15) is 0 Å². The van der Waals surface area contributed by atoms with Gasteiger partial charge in [0.15, 0.2) is 0 Å². The minimum absolute atomic E-state index is 0.365. The molecular formula is C15H14N2O. The molecule has 0 spiro atoms. The van der Waals surface area contributed by atoms with Crippen LogP contribution in [0, 0.1) is 0 Å². The predicted octanol–water partition coefficient (Wildman–Crippen LogP) is 2.48. The molecule has 0 bridgehead atoms. The van der Waals surface area contributed by atoms with Crippen LogP contribution < -0.4 is 10.6 Å². The van der Waals surface area contributed by atoms with E-state index in [-0.39, 0.29) is 5.91 Å². The van der Waals surface area contributed by atoms with Gasteiger partial charge in [-0.3, -0.25) is 4.79 Å². The maximum absolute atomic E-state index is 11.2. The molecule has 3 heteroatoms. The number of hydrogen-bond donors (Lipinski definition) is 1. The van der Waals surface area contributed by atoms with Crippen molar-refractivity contribution in [2.75, 3.05) is 11.4 Å². The zero-order valence-corrected chi connectivity index (χ0v) is 9.97. The SMILES string of the molecule is NC(=O)c1ccc2c(c1)CCN2c1ccccc1. The van der Waals surface area contributed by atoms with Gasteiger partial charge in [-0.1, -0.05) is 18.2 Å². The summed E-state index contributed by atoms with van der Waals surface area (Å²) in [6.45, 7) is 0.946. The zero-order valence-electron chi connectivity index (χ0n) is 9.97. The average Bonchev–Trinajstić information content (AvgIpc) is 2.82. The summed E-state index contributed by atoms with van der Waals surface area (Å²) in [5.74, 6) is -0.365. The van der Waals surface area contributed by atoms with Crippen molar-refractivity contribution in [2.24, 2.45) is 5.73 Å². The van der Waals surface area contributed by atoms with Crippen molar-refractivity contribution < 1.29 is 4.79 Å². The lowest BCUT2D eigenvalue weighted by Gasteiger charge is -2.19. The Labute approximate surface area is 106 Å². The first-order valence-electron chi connectivity index (χ1n) is 6.01. The second-order valence-electron chi connectivity index (χ2n) is 4.44. The number of nitrogens with zero attached hydrogens (tertiary/aromatic N) is 1. The molecule has 0 fully saturated rings. The number of benzene rings is 2. The van der Waals surface area contributed by atoms with Gasteiger partial charge in [-0.25, -0.2) is 0 Å². The van der Waals surface area contributed by atoms with Crippen molar-refractivity contribution in [1.29, 1.82) is 0 Å². The summed E-state index contributed by atoms with van der Waals surface area (Å²) >= 11 is 0. The van der Waals surface area contributed by atoms with Gasteiger partial charge in [0.2, 0.25) is 5.91 Å². The van der Waals surface area contributed by atoms with E-state index in [1.165, 1.54) is 16.9 Å². The Morgan fingerprint density at radius 1 is 1.11 bits per heavy atom. The number of carbonyl (C=O) groups is 1. The van der Waals surface area contributed by atoms with Gasteiger partial charge in [0, 0.05) is 23.5 Å². The smallest absolute Gasteiger partial charge is 0.248 e. The third-order valence-corrected chi connectivity index (χ3v) is 3.33. The van der Waals surface area contributed by atoms with Crippen LogP contribution in [-0.2, 0) is 6.42 Å². The van der Waals surface area contributed by atoms with E-state index in [1.807, 2.05) is 30.3 Å². The van der Waals surface area contributed by atoms with Crippen LogP contribution in [0.4, 0.5) is 11.4 Å². The molecule has 0 aliphatic carbocycles. The molecule has 2 aromatic rings. The van der Waals surface area contributed by atoms with E-state index in [0.717, 1.165) is 13.0 Å². The van der Waals surface area contributed by atoms with Crippen molar-refractivity contribution in [2.45, 2.75) is 6.42 Å². The Balaban J connectivity index is 2.00. The van der Waals surface area contributed by atoms with Crippen LogP contribution in [0.5, 0.6) is 0 Å². The minimum atomic E-state index is -0.365. The van der Waals surface area contributed by atoms with Crippen LogP contribution in [0.1, 0.15) is 15.9 Å². The molecule has 0 radical (unpaired) electrons. The molecule has 2 aromatic carbocycles. The fraction of sp³-hybridized carbons (Fsp3) is 0.133. The average molecular weight is 238 g/mol. The zero-order chi connectivity index (χ0) is 12.5. The van der Waals surface area contributed by atoms with Crippen LogP contribution in [0.3, 0.4) is 0 Å². The van der Waals surface area contributed by atoms with Gasteiger partial charge < -0.3 is 10.6 Å². The van der Waals surface area contributed by atoms with E-state index in [4.69, 9.17) is 5.73 Å². The summed E-state index contributed by atoms with van der Waals surface area (Å²) in [5.41, 5.74) is 9.43. The normalized spacial score (nSPS) is 13.4. The van der Waals surface area contributed by atoms with E-state index < -0.39 is 0 Å². The number of carbonyl (C=O) groups excluding carboxylic acids is 1. The Bertz CT molecular complexity index is 593. The van der Waals surface area contributed by atoms with E-state index in [1.54, 1.807) is 6.07 Å². The standard InChI is InChI=1S/C15H14N2O/c16-15(18)12-6-7-14-11(10-12)8-9-17(14)13-4-2-1-3-5-13/h1-7,10H,8-9H2,(H2,16,18). The highest BCUT2D eigenvalue weighted by molar-refractivity contribution is 5.94. The molecule has 1 aliphatic rings. The van der Waals surface area contributed by atoms with Crippen LogP contribution in [0.25, 0.3) is 0 Å². The Kier molecular flexibility index (Phi) is 2.52. The highest BCUT2D eigenvalue weighted by Gasteiger charge is 2.20. The van der Waals surface area contributed by atoms with Crippen LogP contribution in [0.2, 0.25) is 0 Å². The van der Waals surface area contributed by atoms with Crippen LogP contribution in [0.15, 0.2) is 48.5 Å². The number of rotatable bonds is 2. The second-order valence-corrected chi connectivity index (χ2v) is 4.44. The lowest BCUT2D eigenvalue weighted by molar-refractivity contribution is 0.1000. The van der Waals surface area contributed by atoms with Crippen molar-refractivity contribution in [3.8, 4) is 0 Å². The number of nitrogens with two attached hydrogens (primary N) is 1. The lowest BCUT2D eigenvalue weighted by atomic mass is 10.1. The summed E-state index contributed by atoms with van der Waals surface area (Å²) < 4.78 is 0. The van der Waals surface area contributed by atoms with Crippen molar-refractivity contribution in [3.05, 3.63) is 59.7 Å². The Morgan fingerprint density at radius 3 is 2.61 bits per heavy atom. The molecule has 0 saturated heterocycles. The van der Waals surface area contributed by atoms with E-state index in [0.29, 0.717) is 5.56 Å². The van der Waals surface area contributed by atoms with Crippen molar-refractivity contribution in [1.82, 2.24) is 0 Å². The predicted molar refractivity (Wildman–Crippen MR) is 72.1 cm³/mol. The first-order chi connectivity index (χ1) is 8.75. The quantitative estimate of drug-likeness (QED) is 0.873. The molecule has 3 rings (SSSR count). The third kappa shape index (κ3) is 1.74. The number of amides is 1. The minimum Gasteiger partial charge on any atom is -0.366 e. The van der Waals surface area contributed by atoms with Crippen LogP contribution in [-0.4, -0.2) is 12.5 Å². The first kappa shape index (κ1) is 10.8. The molecule has 3 nitrogen and oxygen atoms in total. The number of para-hydroxylation sites is 1. The van der Waals surface area contributed by atoms with Gasteiger partial charge in [0.25, 0.3) is 0 Å². The molecule has 2 N–H and O–H groups in total. The third-order valence-electron chi connectivity index (χ3n) is 3.33. The van der Waals surface area contributed by atoms with E-state index >= 15 is 0 Å². The molecular weight excluding hydrogens is 224 g/mol.